The van der Waals surface area contributed by atoms with Gasteiger partial charge in [-0.2, -0.15) is 0 Å². The molecule has 1 saturated heterocycles. The maximum absolute atomic E-state index is 5.77. The summed E-state index contributed by atoms with van der Waals surface area (Å²) in [6.07, 6.45) is 1.26. The Labute approximate surface area is 134 Å². The van der Waals surface area contributed by atoms with Crippen molar-refractivity contribution in [3.63, 3.8) is 0 Å². The van der Waals surface area contributed by atoms with Crippen LogP contribution in [0.4, 0.5) is 5.69 Å². The van der Waals surface area contributed by atoms with Gasteiger partial charge in [-0.15, -0.1) is 0 Å². The van der Waals surface area contributed by atoms with Gasteiger partial charge in [-0.1, -0.05) is 0 Å². The van der Waals surface area contributed by atoms with Gasteiger partial charge in [0.1, 0.15) is 12.4 Å². The zero-order valence-corrected chi connectivity index (χ0v) is 14.0. The van der Waals surface area contributed by atoms with Gasteiger partial charge in [-0.05, 0) is 57.9 Å². The number of anilines is 1. The van der Waals surface area contributed by atoms with Crippen molar-refractivity contribution in [1.82, 2.24) is 14.7 Å². The van der Waals surface area contributed by atoms with E-state index in [1.165, 1.54) is 32.6 Å². The van der Waals surface area contributed by atoms with Crippen molar-refractivity contribution in [2.75, 3.05) is 72.2 Å². The average Bonchev–Trinajstić information content (AvgIpc) is 2.50. The van der Waals surface area contributed by atoms with Crippen LogP contribution in [0.25, 0.3) is 0 Å². The van der Waals surface area contributed by atoms with Crippen LogP contribution in [0.2, 0.25) is 0 Å². The Morgan fingerprint density at radius 2 is 1.59 bits per heavy atom. The minimum absolute atomic E-state index is 0.741. The summed E-state index contributed by atoms with van der Waals surface area (Å²) in [4.78, 5) is 7.31. The van der Waals surface area contributed by atoms with Gasteiger partial charge in [0.05, 0.1) is 0 Å². The van der Waals surface area contributed by atoms with Gasteiger partial charge in [-0.3, -0.25) is 4.90 Å². The lowest BCUT2D eigenvalue weighted by Crippen LogP contribution is -2.47. The van der Waals surface area contributed by atoms with Crippen LogP contribution >= 0.6 is 0 Å². The van der Waals surface area contributed by atoms with Gasteiger partial charge in [-0.25, -0.2) is 0 Å². The van der Waals surface area contributed by atoms with Crippen LogP contribution in [0.5, 0.6) is 5.75 Å². The summed E-state index contributed by atoms with van der Waals surface area (Å²) in [5.74, 6) is 0.900. The van der Waals surface area contributed by atoms with Crippen LogP contribution < -0.4 is 10.5 Å². The van der Waals surface area contributed by atoms with Crippen LogP contribution in [0.1, 0.15) is 6.42 Å². The summed E-state index contributed by atoms with van der Waals surface area (Å²) < 4.78 is 5.77. The van der Waals surface area contributed by atoms with Gasteiger partial charge < -0.3 is 20.3 Å². The third-order valence-corrected chi connectivity index (χ3v) is 4.10. The van der Waals surface area contributed by atoms with Crippen molar-refractivity contribution < 1.29 is 4.74 Å². The molecule has 0 saturated carbocycles. The largest absolute Gasteiger partial charge is 0.492 e. The second kappa shape index (κ2) is 8.98. The molecule has 124 valence electrons. The Morgan fingerprint density at radius 1 is 1.00 bits per heavy atom. The molecular weight excluding hydrogens is 276 g/mol. The third kappa shape index (κ3) is 6.22. The summed E-state index contributed by atoms with van der Waals surface area (Å²) in [7, 11) is 4.28. The highest BCUT2D eigenvalue weighted by atomic mass is 16.5. The summed E-state index contributed by atoms with van der Waals surface area (Å²) in [5.41, 5.74) is 6.44. The number of piperazine rings is 1. The second-order valence-electron chi connectivity index (χ2n) is 6.26. The van der Waals surface area contributed by atoms with E-state index < -0.39 is 0 Å². The smallest absolute Gasteiger partial charge is 0.119 e. The van der Waals surface area contributed by atoms with Crippen molar-refractivity contribution in [3.05, 3.63) is 24.3 Å². The van der Waals surface area contributed by atoms with Crippen LogP contribution in [0, 0.1) is 0 Å². The lowest BCUT2D eigenvalue weighted by Gasteiger charge is -2.34. The minimum atomic E-state index is 0.741. The van der Waals surface area contributed by atoms with Crippen molar-refractivity contribution in [2.24, 2.45) is 0 Å². The molecule has 2 N–H and O–H groups in total. The molecule has 1 aliphatic heterocycles. The number of nitrogens with zero attached hydrogens (tertiary/aromatic N) is 3. The van der Waals surface area contributed by atoms with Crippen LogP contribution in [-0.4, -0.2) is 81.2 Å². The molecule has 0 radical (unpaired) electrons. The van der Waals surface area contributed by atoms with Crippen molar-refractivity contribution in [3.8, 4) is 5.75 Å². The molecule has 22 heavy (non-hydrogen) atoms. The first-order chi connectivity index (χ1) is 10.6. The predicted molar refractivity (Wildman–Crippen MR) is 92.4 cm³/mol. The van der Waals surface area contributed by atoms with Crippen LogP contribution in [0.15, 0.2) is 24.3 Å². The fourth-order valence-corrected chi connectivity index (χ4v) is 2.70. The van der Waals surface area contributed by atoms with Gasteiger partial charge in [0.2, 0.25) is 0 Å². The highest BCUT2D eigenvalue weighted by Crippen LogP contribution is 2.13. The summed E-state index contributed by atoms with van der Waals surface area (Å²) in [5, 5.41) is 0. The molecule has 0 aliphatic carbocycles. The molecular formula is C17H30N4O. The normalized spacial score (nSPS) is 17.0. The predicted octanol–water partition coefficient (Wildman–Crippen LogP) is 1.22. The fourth-order valence-electron chi connectivity index (χ4n) is 2.70. The summed E-state index contributed by atoms with van der Waals surface area (Å²) in [6, 6.07) is 7.61. The summed E-state index contributed by atoms with van der Waals surface area (Å²) >= 11 is 0. The molecule has 0 bridgehead atoms. The minimum Gasteiger partial charge on any atom is -0.492 e. The Bertz CT molecular complexity index is 413. The van der Waals surface area contributed by atoms with Gasteiger partial charge in [0.15, 0.2) is 0 Å². The highest BCUT2D eigenvalue weighted by molar-refractivity contribution is 5.41. The number of benzene rings is 1. The van der Waals surface area contributed by atoms with E-state index in [0.29, 0.717) is 0 Å². The number of hydrogen-bond donors (Lipinski definition) is 1. The van der Waals surface area contributed by atoms with E-state index in [9.17, 15) is 0 Å². The molecule has 1 aromatic rings. The van der Waals surface area contributed by atoms with E-state index in [1.807, 2.05) is 24.3 Å². The molecule has 0 atom stereocenters. The van der Waals surface area contributed by atoms with Crippen LogP contribution in [0.3, 0.4) is 0 Å². The van der Waals surface area contributed by atoms with Crippen molar-refractivity contribution in [2.45, 2.75) is 6.42 Å². The molecule has 5 nitrogen and oxygen atoms in total. The number of ether oxygens (including phenoxy) is 1. The maximum Gasteiger partial charge on any atom is 0.119 e. The number of hydrogen-bond acceptors (Lipinski definition) is 5. The first-order valence-electron chi connectivity index (χ1n) is 8.21. The van der Waals surface area contributed by atoms with E-state index in [0.717, 1.165) is 37.7 Å². The average molecular weight is 306 g/mol. The molecule has 1 fully saturated rings. The van der Waals surface area contributed by atoms with Gasteiger partial charge in [0.25, 0.3) is 0 Å². The number of rotatable bonds is 8. The highest BCUT2D eigenvalue weighted by Gasteiger charge is 2.16. The maximum atomic E-state index is 5.77. The van der Waals surface area contributed by atoms with E-state index in [4.69, 9.17) is 10.5 Å². The SMILES string of the molecule is CN(C)CCCN1CCN(CCOc2ccc(N)cc2)CC1. The van der Waals surface area contributed by atoms with E-state index in [1.54, 1.807) is 0 Å². The third-order valence-electron chi connectivity index (χ3n) is 4.10. The number of nitrogens with two attached hydrogens (primary N) is 1. The Balaban J connectivity index is 1.56. The molecule has 0 unspecified atom stereocenters. The molecule has 0 amide bonds. The monoisotopic (exact) mass is 306 g/mol. The molecule has 5 heteroatoms. The molecule has 1 heterocycles. The van der Waals surface area contributed by atoms with Crippen molar-refractivity contribution in [1.29, 1.82) is 0 Å². The first kappa shape index (κ1) is 17.1. The second-order valence-corrected chi connectivity index (χ2v) is 6.26. The zero-order chi connectivity index (χ0) is 15.8. The molecule has 1 aromatic carbocycles. The lowest BCUT2D eigenvalue weighted by atomic mass is 10.3. The van der Waals surface area contributed by atoms with E-state index >= 15 is 0 Å². The molecule has 0 spiro atoms. The molecule has 1 aliphatic rings. The van der Waals surface area contributed by atoms with Crippen molar-refractivity contribution >= 4 is 5.69 Å². The quantitative estimate of drug-likeness (QED) is 0.732. The molecule has 0 aromatic heterocycles. The fraction of sp³-hybridized carbons (Fsp3) is 0.647. The van der Waals surface area contributed by atoms with Gasteiger partial charge in [0, 0.05) is 38.4 Å². The van der Waals surface area contributed by atoms with Gasteiger partial charge >= 0.3 is 0 Å². The Kier molecular flexibility index (Phi) is 6.96. The topological polar surface area (TPSA) is 45.0 Å². The van der Waals surface area contributed by atoms with Crippen LogP contribution in [-0.2, 0) is 0 Å². The molecule has 2 rings (SSSR count). The zero-order valence-electron chi connectivity index (χ0n) is 14.0. The lowest BCUT2D eigenvalue weighted by molar-refractivity contribution is 0.114. The number of nitrogen functional groups attached to an aromatic ring is 1. The summed E-state index contributed by atoms with van der Waals surface area (Å²) in [6.45, 7) is 8.77. The Hall–Kier alpha value is -1.30. The van der Waals surface area contributed by atoms with E-state index in [-0.39, 0.29) is 0 Å². The standard InChI is InChI=1S/C17H30N4O/c1-19(2)8-3-9-20-10-12-21(13-11-20)14-15-22-17-6-4-16(18)5-7-17/h4-7H,3,8-15,18H2,1-2H3. The Morgan fingerprint density at radius 3 is 2.18 bits per heavy atom. The van der Waals surface area contributed by atoms with E-state index in [2.05, 4.69) is 28.8 Å². The first-order valence-corrected chi connectivity index (χ1v) is 8.21.